The molecule has 7 nitrogen and oxygen atoms in total. The van der Waals surface area contributed by atoms with Gasteiger partial charge in [0, 0.05) is 18.2 Å². The molecule has 170 valence electrons. The highest BCUT2D eigenvalue weighted by molar-refractivity contribution is 6.49. The number of Topliss-reactive ketones (excluding diaryl/α,β-unsaturated/α-hetero) is 1. The van der Waals surface area contributed by atoms with Crippen LogP contribution in [-0.4, -0.2) is 34.7 Å². The number of ether oxygens (including phenoxy) is 1. The van der Waals surface area contributed by atoms with Gasteiger partial charge in [-0.2, -0.15) is 0 Å². The van der Waals surface area contributed by atoms with Crippen molar-refractivity contribution in [2.24, 2.45) is 12.2 Å². The molecule has 9 heteroatoms. The van der Waals surface area contributed by atoms with Crippen LogP contribution in [0.4, 0.5) is 14.5 Å². The second kappa shape index (κ2) is 8.16. The van der Waals surface area contributed by atoms with Gasteiger partial charge in [0.1, 0.15) is 28.8 Å². The van der Waals surface area contributed by atoms with Gasteiger partial charge >= 0.3 is 0 Å². The summed E-state index contributed by atoms with van der Waals surface area (Å²) in [6.45, 7) is 3.27. The third kappa shape index (κ3) is 3.86. The van der Waals surface area contributed by atoms with E-state index in [9.17, 15) is 18.4 Å². The molecular formula is C24H21F2N3O4. The van der Waals surface area contributed by atoms with Crippen molar-refractivity contribution in [3.8, 4) is 17.0 Å². The molecule has 1 aliphatic heterocycles. The van der Waals surface area contributed by atoms with Gasteiger partial charge in [0.2, 0.25) is 5.78 Å². The van der Waals surface area contributed by atoms with Crippen molar-refractivity contribution < 1.29 is 27.9 Å². The number of halogens is 2. The van der Waals surface area contributed by atoms with Crippen LogP contribution < -0.4 is 10.1 Å². The van der Waals surface area contributed by atoms with Gasteiger partial charge in [0.15, 0.2) is 11.3 Å². The van der Waals surface area contributed by atoms with Gasteiger partial charge in [-0.15, -0.1) is 0 Å². The number of hydrogen-bond acceptors (Lipinski definition) is 5. The fourth-order valence-corrected chi connectivity index (χ4v) is 3.57. The summed E-state index contributed by atoms with van der Waals surface area (Å²) in [6, 6.07) is 11.6. The van der Waals surface area contributed by atoms with Crippen molar-refractivity contribution in [1.29, 1.82) is 0 Å². The number of ketones is 1. The average molecular weight is 453 g/mol. The number of anilines is 1. The summed E-state index contributed by atoms with van der Waals surface area (Å²) >= 11 is 0. The molecule has 1 amide bonds. The Bertz CT molecular complexity index is 1290. The van der Waals surface area contributed by atoms with Crippen molar-refractivity contribution in [2.75, 3.05) is 12.4 Å². The topological polar surface area (TPSA) is 81.9 Å². The largest absolute Gasteiger partial charge is 0.496 e. The van der Waals surface area contributed by atoms with Crippen LogP contribution in [0.1, 0.15) is 29.9 Å². The molecule has 1 N–H and O–H groups in total. The number of benzene rings is 2. The van der Waals surface area contributed by atoms with Crippen LogP contribution in [0, 0.1) is 11.6 Å². The number of hydrogen-bond donors (Lipinski definition) is 1. The summed E-state index contributed by atoms with van der Waals surface area (Å²) in [5.41, 5.74) is 0.485. The van der Waals surface area contributed by atoms with E-state index in [1.54, 1.807) is 49.7 Å². The first kappa shape index (κ1) is 22.2. The number of oxime groups is 1. The summed E-state index contributed by atoms with van der Waals surface area (Å²) in [7, 11) is 3.14. The summed E-state index contributed by atoms with van der Waals surface area (Å²) in [5.74, 6) is -2.19. The number of rotatable bonds is 5. The minimum Gasteiger partial charge on any atom is -0.496 e. The van der Waals surface area contributed by atoms with Gasteiger partial charge in [0.25, 0.3) is 5.91 Å². The van der Waals surface area contributed by atoms with Crippen LogP contribution in [0.5, 0.6) is 5.75 Å². The maximum absolute atomic E-state index is 13.9. The molecule has 2 aromatic carbocycles. The number of aromatic nitrogens is 1. The van der Waals surface area contributed by atoms with Crippen LogP contribution in [0.25, 0.3) is 11.3 Å². The maximum Gasteiger partial charge on any atom is 0.272 e. The lowest BCUT2D eigenvalue weighted by Gasteiger charge is -2.14. The van der Waals surface area contributed by atoms with Gasteiger partial charge in [0.05, 0.1) is 12.8 Å². The van der Waals surface area contributed by atoms with Crippen molar-refractivity contribution in [3.05, 3.63) is 71.4 Å². The zero-order chi connectivity index (χ0) is 23.9. The minimum atomic E-state index is -1.05. The molecule has 0 atom stereocenters. The Balaban J connectivity index is 1.71. The van der Waals surface area contributed by atoms with E-state index in [1.807, 2.05) is 0 Å². The molecule has 0 saturated heterocycles. The monoisotopic (exact) mass is 453 g/mol. The highest BCUT2D eigenvalue weighted by Gasteiger charge is 2.40. The van der Waals surface area contributed by atoms with Crippen LogP contribution >= 0.6 is 0 Å². The Morgan fingerprint density at radius 1 is 1.12 bits per heavy atom. The van der Waals surface area contributed by atoms with E-state index in [-0.39, 0.29) is 17.2 Å². The second-order valence-electron chi connectivity index (χ2n) is 8.00. The molecule has 0 saturated carbocycles. The molecule has 0 unspecified atom stereocenters. The Kier molecular flexibility index (Phi) is 5.49. The van der Waals surface area contributed by atoms with Crippen molar-refractivity contribution in [2.45, 2.75) is 19.4 Å². The van der Waals surface area contributed by atoms with E-state index in [0.29, 0.717) is 22.6 Å². The zero-order valence-corrected chi connectivity index (χ0v) is 18.4. The molecule has 1 aromatic heterocycles. The Labute approximate surface area is 188 Å². The smallest absolute Gasteiger partial charge is 0.272 e. The molecule has 0 bridgehead atoms. The molecule has 1 aliphatic rings. The predicted octanol–water partition coefficient (Wildman–Crippen LogP) is 4.31. The van der Waals surface area contributed by atoms with E-state index in [0.717, 1.165) is 12.1 Å². The Hall–Kier alpha value is -4.01. The van der Waals surface area contributed by atoms with Gasteiger partial charge in [-0.3, -0.25) is 9.59 Å². The van der Waals surface area contributed by atoms with E-state index < -0.39 is 28.8 Å². The van der Waals surface area contributed by atoms with Gasteiger partial charge in [-0.25, -0.2) is 8.78 Å². The first-order chi connectivity index (χ1) is 15.6. The number of carbonyl (C=O) groups is 2. The molecule has 33 heavy (non-hydrogen) atoms. The van der Waals surface area contributed by atoms with E-state index in [4.69, 9.17) is 9.57 Å². The molecule has 0 aliphatic carbocycles. The highest BCUT2D eigenvalue weighted by Crippen LogP contribution is 2.34. The second-order valence-corrected chi connectivity index (χ2v) is 8.00. The quantitative estimate of drug-likeness (QED) is 0.624. The molecule has 0 fully saturated rings. The number of methoxy groups -OCH3 is 1. The van der Waals surface area contributed by atoms with Gasteiger partial charge < -0.3 is 19.5 Å². The first-order valence-electron chi connectivity index (χ1n) is 10.0. The number of nitrogens with one attached hydrogen (secondary N) is 1. The lowest BCUT2D eigenvalue weighted by atomic mass is 9.94. The number of carbonyl (C=O) groups excluding carboxylic acids is 2. The Morgan fingerprint density at radius 2 is 1.82 bits per heavy atom. The molecule has 4 rings (SSSR count). The number of para-hydroxylation sites is 1. The zero-order valence-electron chi connectivity index (χ0n) is 18.4. The standard InChI is InChI=1S/C24H21F2N3O4/c1-24(2)22(30)20(28-33-24)13-8-11-19(32-4)14(12-13)17-9-10-18(29(17)3)23(31)27-21-15(25)6-5-7-16(21)26/h5-12H,1-4H3,(H,27,31). The minimum absolute atomic E-state index is 0.166. The van der Waals surface area contributed by atoms with Crippen LogP contribution in [0.2, 0.25) is 0 Å². The van der Waals surface area contributed by atoms with Gasteiger partial charge in [-0.05, 0) is 56.3 Å². The SMILES string of the molecule is COc1ccc(C2=NOC(C)(C)C2=O)cc1-c1ccc(C(=O)Nc2c(F)cccc2F)n1C. The third-order valence-corrected chi connectivity index (χ3v) is 5.43. The number of amides is 1. The molecule has 2 heterocycles. The van der Waals surface area contributed by atoms with E-state index in [1.165, 1.54) is 19.2 Å². The maximum atomic E-state index is 13.9. The molecule has 0 radical (unpaired) electrons. The van der Waals surface area contributed by atoms with Crippen molar-refractivity contribution in [1.82, 2.24) is 4.57 Å². The summed E-state index contributed by atoms with van der Waals surface area (Å²) in [5, 5.41) is 6.21. The molecular weight excluding hydrogens is 432 g/mol. The molecule has 3 aromatic rings. The van der Waals surface area contributed by atoms with Crippen LogP contribution in [0.15, 0.2) is 53.7 Å². The fraction of sp³-hybridized carbons (Fsp3) is 0.208. The summed E-state index contributed by atoms with van der Waals surface area (Å²) in [6.07, 6.45) is 0. The summed E-state index contributed by atoms with van der Waals surface area (Å²) in [4.78, 5) is 30.6. The average Bonchev–Trinajstić information content (AvgIpc) is 3.29. The summed E-state index contributed by atoms with van der Waals surface area (Å²) < 4.78 is 34.9. The van der Waals surface area contributed by atoms with Crippen LogP contribution in [-0.2, 0) is 16.7 Å². The predicted molar refractivity (Wildman–Crippen MR) is 118 cm³/mol. The number of nitrogens with zero attached hydrogens (tertiary/aromatic N) is 2. The molecule has 0 spiro atoms. The lowest BCUT2D eigenvalue weighted by molar-refractivity contribution is -0.128. The fourth-order valence-electron chi connectivity index (χ4n) is 3.57. The highest BCUT2D eigenvalue weighted by atomic mass is 19.1. The van der Waals surface area contributed by atoms with E-state index in [2.05, 4.69) is 10.5 Å². The van der Waals surface area contributed by atoms with E-state index >= 15 is 0 Å². The lowest BCUT2D eigenvalue weighted by Crippen LogP contribution is -2.33. The first-order valence-corrected chi connectivity index (χ1v) is 10.0. The third-order valence-electron chi connectivity index (χ3n) is 5.43. The Morgan fingerprint density at radius 3 is 2.42 bits per heavy atom. The van der Waals surface area contributed by atoms with Crippen LogP contribution in [0.3, 0.4) is 0 Å². The van der Waals surface area contributed by atoms with Crippen molar-refractivity contribution in [3.63, 3.8) is 0 Å². The van der Waals surface area contributed by atoms with Gasteiger partial charge in [-0.1, -0.05) is 11.2 Å². The normalized spacial score (nSPS) is 14.6. The van der Waals surface area contributed by atoms with Crippen molar-refractivity contribution >= 4 is 23.1 Å².